The maximum absolute atomic E-state index is 12.2. The first-order valence-electron chi connectivity index (χ1n) is 5.49. The summed E-state index contributed by atoms with van der Waals surface area (Å²) in [4.78, 5) is 14.0. The Kier molecular flexibility index (Phi) is 2.57. The number of nitrogens with zero attached hydrogens (tertiary/aromatic N) is 1. The van der Waals surface area contributed by atoms with Crippen LogP contribution in [-0.4, -0.2) is 17.5 Å². The van der Waals surface area contributed by atoms with Gasteiger partial charge in [-0.05, 0) is 17.0 Å². The molecule has 1 amide bonds. The quantitative estimate of drug-likeness (QED) is 0.881. The molecule has 1 aliphatic heterocycles. The first kappa shape index (κ1) is 10.4. The smallest absolute Gasteiger partial charge is 0.258 e. The summed E-state index contributed by atoms with van der Waals surface area (Å²) in [6.45, 7) is 1.24. The molecule has 0 aliphatic carbocycles. The lowest BCUT2D eigenvalue weighted by Gasteiger charge is -2.27. The molecule has 0 fully saturated rings. The summed E-state index contributed by atoms with van der Waals surface area (Å²) in [5, 5.41) is 6.20. The zero-order chi connectivity index (χ0) is 11.7. The van der Waals surface area contributed by atoms with Crippen LogP contribution in [-0.2, 0) is 6.54 Å². The molecule has 0 spiro atoms. The van der Waals surface area contributed by atoms with Gasteiger partial charge in [-0.3, -0.25) is 4.79 Å². The number of carbonyl (C=O) groups excluding carboxylic acids is 1. The number of rotatable bonds is 2. The molecule has 4 heteroatoms. The van der Waals surface area contributed by atoms with Gasteiger partial charge in [0.25, 0.3) is 5.91 Å². The normalized spacial score (nSPS) is 14.4. The number of anilines is 1. The summed E-state index contributed by atoms with van der Waals surface area (Å²) in [6, 6.07) is 11.9. The summed E-state index contributed by atoms with van der Waals surface area (Å²) in [7, 11) is 0. The Morgan fingerprint density at radius 3 is 2.88 bits per heavy atom. The van der Waals surface area contributed by atoms with Crippen LogP contribution in [0.2, 0.25) is 0 Å². The van der Waals surface area contributed by atoms with E-state index in [1.807, 2.05) is 46.7 Å². The molecule has 1 aromatic carbocycles. The van der Waals surface area contributed by atoms with Crippen molar-refractivity contribution in [3.63, 3.8) is 0 Å². The molecule has 0 saturated carbocycles. The predicted octanol–water partition coefficient (Wildman–Crippen LogP) is 2.77. The SMILES string of the molecule is O=C1c2ccsc2NCN1Cc1ccccc1. The topological polar surface area (TPSA) is 32.3 Å². The fourth-order valence-corrected chi connectivity index (χ4v) is 2.73. The fraction of sp³-hybridized carbons (Fsp3) is 0.154. The van der Waals surface area contributed by atoms with E-state index in [-0.39, 0.29) is 5.91 Å². The highest BCUT2D eigenvalue weighted by molar-refractivity contribution is 7.14. The molecule has 17 heavy (non-hydrogen) atoms. The Morgan fingerprint density at radius 2 is 2.06 bits per heavy atom. The van der Waals surface area contributed by atoms with Gasteiger partial charge in [-0.15, -0.1) is 11.3 Å². The molecule has 0 radical (unpaired) electrons. The first-order chi connectivity index (χ1) is 8.34. The average Bonchev–Trinajstić information content (AvgIpc) is 2.83. The van der Waals surface area contributed by atoms with Crippen molar-refractivity contribution >= 4 is 22.2 Å². The van der Waals surface area contributed by atoms with E-state index in [0.29, 0.717) is 13.2 Å². The summed E-state index contributed by atoms with van der Waals surface area (Å²) >= 11 is 1.58. The van der Waals surface area contributed by atoms with Gasteiger partial charge in [0.1, 0.15) is 5.00 Å². The van der Waals surface area contributed by atoms with Crippen molar-refractivity contribution in [2.45, 2.75) is 6.54 Å². The third-order valence-corrected chi connectivity index (χ3v) is 3.70. The number of fused-ring (bicyclic) bond motifs is 1. The van der Waals surface area contributed by atoms with Gasteiger partial charge in [0, 0.05) is 6.54 Å². The van der Waals surface area contributed by atoms with Gasteiger partial charge in [0.05, 0.1) is 12.2 Å². The Labute approximate surface area is 104 Å². The fourth-order valence-electron chi connectivity index (χ4n) is 1.96. The highest BCUT2D eigenvalue weighted by atomic mass is 32.1. The number of amides is 1. The second-order valence-electron chi connectivity index (χ2n) is 3.99. The summed E-state index contributed by atoms with van der Waals surface area (Å²) in [5.41, 5.74) is 1.94. The van der Waals surface area contributed by atoms with Crippen LogP contribution in [0.15, 0.2) is 41.8 Å². The van der Waals surface area contributed by atoms with Gasteiger partial charge in [0.15, 0.2) is 0 Å². The molecule has 1 N–H and O–H groups in total. The second kappa shape index (κ2) is 4.22. The van der Waals surface area contributed by atoms with Crippen molar-refractivity contribution < 1.29 is 4.79 Å². The van der Waals surface area contributed by atoms with Crippen LogP contribution in [0.3, 0.4) is 0 Å². The number of thiophene rings is 1. The minimum absolute atomic E-state index is 0.115. The number of benzene rings is 1. The van der Waals surface area contributed by atoms with Gasteiger partial charge in [-0.2, -0.15) is 0 Å². The largest absolute Gasteiger partial charge is 0.359 e. The molecule has 2 heterocycles. The Hall–Kier alpha value is -1.81. The average molecular weight is 244 g/mol. The van der Waals surface area contributed by atoms with Crippen LogP contribution in [0.4, 0.5) is 5.00 Å². The van der Waals surface area contributed by atoms with Gasteiger partial charge in [-0.25, -0.2) is 0 Å². The van der Waals surface area contributed by atoms with Gasteiger partial charge in [-0.1, -0.05) is 30.3 Å². The monoisotopic (exact) mass is 244 g/mol. The van der Waals surface area contributed by atoms with E-state index >= 15 is 0 Å². The molecule has 1 aliphatic rings. The number of hydrogen-bond acceptors (Lipinski definition) is 3. The molecular formula is C13H12N2OS. The highest BCUT2D eigenvalue weighted by Crippen LogP contribution is 2.28. The zero-order valence-corrected chi connectivity index (χ0v) is 10.0. The Morgan fingerprint density at radius 1 is 1.24 bits per heavy atom. The third-order valence-electron chi connectivity index (χ3n) is 2.83. The lowest BCUT2D eigenvalue weighted by molar-refractivity contribution is 0.0747. The molecule has 86 valence electrons. The van der Waals surface area contributed by atoms with Crippen molar-refractivity contribution in [2.24, 2.45) is 0 Å². The van der Waals surface area contributed by atoms with Crippen LogP contribution < -0.4 is 5.32 Å². The van der Waals surface area contributed by atoms with Crippen molar-refractivity contribution in [1.29, 1.82) is 0 Å². The molecule has 3 rings (SSSR count). The van der Waals surface area contributed by atoms with Crippen molar-refractivity contribution in [3.8, 4) is 0 Å². The van der Waals surface area contributed by atoms with E-state index in [2.05, 4.69) is 5.32 Å². The molecule has 0 atom stereocenters. The molecule has 0 bridgehead atoms. The molecule has 2 aromatic rings. The molecule has 0 unspecified atom stereocenters. The van der Waals surface area contributed by atoms with E-state index in [4.69, 9.17) is 0 Å². The maximum atomic E-state index is 12.2. The zero-order valence-electron chi connectivity index (χ0n) is 9.22. The minimum atomic E-state index is 0.115. The molecule has 0 saturated heterocycles. The standard InChI is InChI=1S/C13H12N2OS/c16-13-11-6-7-17-12(11)14-9-15(13)8-10-4-2-1-3-5-10/h1-7,14H,8-9H2. The van der Waals surface area contributed by atoms with Crippen LogP contribution in [0.25, 0.3) is 0 Å². The van der Waals surface area contributed by atoms with Crippen LogP contribution >= 0.6 is 11.3 Å². The summed E-state index contributed by atoms with van der Waals surface area (Å²) < 4.78 is 0. The molecular weight excluding hydrogens is 232 g/mol. The van der Waals surface area contributed by atoms with E-state index in [1.165, 1.54) is 0 Å². The van der Waals surface area contributed by atoms with Crippen molar-refractivity contribution in [2.75, 3.05) is 12.0 Å². The molecule has 3 nitrogen and oxygen atoms in total. The van der Waals surface area contributed by atoms with E-state index in [1.54, 1.807) is 11.3 Å². The number of carbonyl (C=O) groups is 1. The predicted molar refractivity (Wildman–Crippen MR) is 69.1 cm³/mol. The van der Waals surface area contributed by atoms with Crippen LogP contribution in [0, 0.1) is 0 Å². The van der Waals surface area contributed by atoms with E-state index in [9.17, 15) is 4.79 Å². The maximum Gasteiger partial charge on any atom is 0.258 e. The first-order valence-corrected chi connectivity index (χ1v) is 6.37. The molecule has 1 aromatic heterocycles. The summed E-state index contributed by atoms with van der Waals surface area (Å²) in [5.74, 6) is 0.115. The third kappa shape index (κ3) is 1.91. The summed E-state index contributed by atoms with van der Waals surface area (Å²) in [6.07, 6.45) is 0. The lowest BCUT2D eigenvalue weighted by Crippen LogP contribution is -2.38. The van der Waals surface area contributed by atoms with E-state index in [0.717, 1.165) is 16.1 Å². The van der Waals surface area contributed by atoms with Gasteiger partial charge in [0.2, 0.25) is 0 Å². The number of hydrogen-bond donors (Lipinski definition) is 1. The van der Waals surface area contributed by atoms with Gasteiger partial charge >= 0.3 is 0 Å². The van der Waals surface area contributed by atoms with E-state index < -0.39 is 0 Å². The van der Waals surface area contributed by atoms with Crippen LogP contribution in [0.1, 0.15) is 15.9 Å². The Balaban J connectivity index is 1.81. The highest BCUT2D eigenvalue weighted by Gasteiger charge is 2.24. The number of nitrogens with one attached hydrogen (secondary N) is 1. The van der Waals surface area contributed by atoms with Gasteiger partial charge < -0.3 is 10.2 Å². The second-order valence-corrected chi connectivity index (χ2v) is 4.90. The minimum Gasteiger partial charge on any atom is -0.359 e. The lowest BCUT2D eigenvalue weighted by atomic mass is 10.2. The Bertz CT molecular complexity index is 535. The van der Waals surface area contributed by atoms with Crippen LogP contribution in [0.5, 0.6) is 0 Å². The van der Waals surface area contributed by atoms with Crippen molar-refractivity contribution in [3.05, 3.63) is 52.9 Å². The van der Waals surface area contributed by atoms with Crippen molar-refractivity contribution in [1.82, 2.24) is 4.90 Å².